The zero-order chi connectivity index (χ0) is 19.7. The molecular weight excluding hydrogens is 380 g/mol. The second kappa shape index (κ2) is 8.02. The van der Waals surface area contributed by atoms with E-state index in [4.69, 9.17) is 19.3 Å². The van der Waals surface area contributed by atoms with Crippen LogP contribution in [0.3, 0.4) is 0 Å². The summed E-state index contributed by atoms with van der Waals surface area (Å²) in [6, 6.07) is 0. The molecular formula is C15H29F2N3O4Si2. The molecule has 5 atom stereocenters. The van der Waals surface area contributed by atoms with Crippen molar-refractivity contribution in [3.05, 3.63) is 12.3 Å². The summed E-state index contributed by atoms with van der Waals surface area (Å²) in [5.41, 5.74) is 5.49. The van der Waals surface area contributed by atoms with Gasteiger partial charge in [-0.1, -0.05) is 27.3 Å². The standard InChI is InChI=1S/C15H29F2N3O4Si2/c1-14(2,3)26(5)22-8-9-11(24-25-4)15(16,17)12(23-9)20-7-6-10(18)19-13(20)21/h6-7,9,11-13,21,26H,8,25H2,1-5H3,(H2,18,19)/t9-,11-,12-,13?,26?/m1/s1. The monoisotopic (exact) mass is 409 g/mol. The minimum Gasteiger partial charge on any atom is -0.417 e. The van der Waals surface area contributed by atoms with Gasteiger partial charge in [0.15, 0.2) is 18.8 Å². The van der Waals surface area contributed by atoms with Gasteiger partial charge in [0.2, 0.25) is 12.6 Å². The molecule has 0 amide bonds. The van der Waals surface area contributed by atoms with Gasteiger partial charge >= 0.3 is 5.92 Å². The molecule has 0 aliphatic carbocycles. The number of nitrogens with two attached hydrogens (primary N) is 1. The number of aliphatic imine (C=N–C) groups is 1. The Morgan fingerprint density at radius 3 is 2.69 bits per heavy atom. The van der Waals surface area contributed by atoms with Crippen molar-refractivity contribution in [3.8, 4) is 0 Å². The minimum absolute atomic E-state index is 0.00836. The van der Waals surface area contributed by atoms with E-state index in [0.717, 1.165) is 4.90 Å². The number of ether oxygens (including phenoxy) is 1. The number of nitrogens with zero attached hydrogens (tertiary/aromatic N) is 2. The Labute approximate surface area is 156 Å². The third-order valence-electron chi connectivity index (χ3n) is 4.65. The van der Waals surface area contributed by atoms with Crippen LogP contribution in [0.4, 0.5) is 8.78 Å². The van der Waals surface area contributed by atoms with Crippen molar-refractivity contribution in [1.82, 2.24) is 4.90 Å². The lowest BCUT2D eigenvalue weighted by atomic mass is 10.1. The maximum atomic E-state index is 15.0. The van der Waals surface area contributed by atoms with Gasteiger partial charge in [-0.05, 0) is 17.7 Å². The van der Waals surface area contributed by atoms with Crippen LogP contribution in [0.25, 0.3) is 0 Å². The quantitative estimate of drug-likeness (QED) is 0.621. The van der Waals surface area contributed by atoms with Crippen molar-refractivity contribution in [2.24, 2.45) is 10.7 Å². The fourth-order valence-corrected chi connectivity index (χ4v) is 4.45. The van der Waals surface area contributed by atoms with E-state index in [1.54, 1.807) is 6.55 Å². The number of hydrogen-bond acceptors (Lipinski definition) is 7. The zero-order valence-corrected chi connectivity index (χ0v) is 18.4. The maximum Gasteiger partial charge on any atom is 0.318 e. The fraction of sp³-hybridized carbons (Fsp3) is 0.800. The van der Waals surface area contributed by atoms with Gasteiger partial charge in [0, 0.05) is 6.20 Å². The van der Waals surface area contributed by atoms with Crippen LogP contribution in [0.1, 0.15) is 20.8 Å². The van der Waals surface area contributed by atoms with Crippen LogP contribution in [0.2, 0.25) is 18.1 Å². The molecule has 1 fully saturated rings. The summed E-state index contributed by atoms with van der Waals surface area (Å²) in [7, 11) is -2.70. The van der Waals surface area contributed by atoms with Crippen molar-refractivity contribution in [2.75, 3.05) is 6.61 Å². The Morgan fingerprint density at radius 1 is 1.50 bits per heavy atom. The molecule has 1 saturated heterocycles. The van der Waals surface area contributed by atoms with Crippen LogP contribution >= 0.6 is 0 Å². The van der Waals surface area contributed by atoms with Crippen LogP contribution in [0, 0.1) is 0 Å². The predicted molar refractivity (Wildman–Crippen MR) is 100 cm³/mol. The topological polar surface area (TPSA) is 89.5 Å². The number of halogens is 2. The molecule has 3 N–H and O–H groups in total. The summed E-state index contributed by atoms with van der Waals surface area (Å²) < 4.78 is 46.9. The highest BCUT2D eigenvalue weighted by molar-refractivity contribution is 6.53. The minimum atomic E-state index is -3.32. The molecule has 150 valence electrons. The normalized spacial score (nSPS) is 33.1. The highest BCUT2D eigenvalue weighted by atomic mass is 28.3. The molecule has 2 aliphatic rings. The molecule has 0 saturated carbocycles. The lowest BCUT2D eigenvalue weighted by molar-refractivity contribution is -0.184. The van der Waals surface area contributed by atoms with Gasteiger partial charge in [-0.3, -0.25) is 0 Å². The van der Waals surface area contributed by atoms with E-state index in [0.29, 0.717) is 0 Å². The average Bonchev–Trinajstić information content (AvgIpc) is 2.76. The Balaban J connectivity index is 2.16. The van der Waals surface area contributed by atoms with Gasteiger partial charge in [-0.2, -0.15) is 8.78 Å². The molecule has 2 rings (SSSR count). The zero-order valence-electron chi connectivity index (χ0n) is 15.9. The second-order valence-corrected chi connectivity index (χ2v) is 11.8. The van der Waals surface area contributed by atoms with E-state index in [2.05, 4.69) is 25.8 Å². The first-order valence-corrected chi connectivity index (χ1v) is 12.9. The molecule has 2 unspecified atom stereocenters. The number of alkyl halides is 2. The Hall–Kier alpha value is -0.856. The Kier molecular flexibility index (Phi) is 6.62. The summed E-state index contributed by atoms with van der Waals surface area (Å²) in [5, 5.41) is 10.0. The van der Waals surface area contributed by atoms with E-state index < -0.39 is 49.5 Å². The number of aliphatic hydroxyl groups excluding tert-OH is 1. The van der Waals surface area contributed by atoms with Crippen LogP contribution in [0.15, 0.2) is 17.3 Å². The van der Waals surface area contributed by atoms with Crippen molar-refractivity contribution >= 4 is 24.6 Å². The van der Waals surface area contributed by atoms with E-state index in [1.165, 1.54) is 12.3 Å². The third kappa shape index (κ3) is 4.51. The van der Waals surface area contributed by atoms with Crippen molar-refractivity contribution < 1.29 is 27.5 Å². The Bertz CT molecular complexity index is 559. The molecule has 0 spiro atoms. The smallest absolute Gasteiger partial charge is 0.318 e. The van der Waals surface area contributed by atoms with Crippen LogP contribution in [-0.4, -0.2) is 72.0 Å². The third-order valence-corrected chi connectivity index (χ3v) is 8.47. The van der Waals surface area contributed by atoms with Crippen LogP contribution in [0.5, 0.6) is 0 Å². The number of hydrogen-bond donors (Lipinski definition) is 2. The largest absolute Gasteiger partial charge is 0.417 e. The first-order chi connectivity index (χ1) is 12.0. The molecule has 0 aromatic rings. The molecule has 11 heteroatoms. The lowest BCUT2D eigenvalue weighted by Gasteiger charge is -2.34. The van der Waals surface area contributed by atoms with Gasteiger partial charge in [-0.25, -0.2) is 4.99 Å². The SMILES string of the molecule is C[SiH2]O[C@@H]1[C@@H](CO[SiH](C)C(C)(C)C)O[C@@H](N2C=CC(N)=NC2O)C1(F)F. The maximum absolute atomic E-state index is 15.0. The Morgan fingerprint density at radius 2 is 2.15 bits per heavy atom. The molecule has 7 nitrogen and oxygen atoms in total. The molecule has 2 aliphatic heterocycles. The summed E-state index contributed by atoms with van der Waals surface area (Å²) >= 11 is 0. The fourth-order valence-electron chi connectivity index (χ4n) is 2.68. The molecule has 26 heavy (non-hydrogen) atoms. The molecule has 2 heterocycles. The first kappa shape index (κ1) is 21.4. The first-order valence-electron chi connectivity index (χ1n) is 8.72. The summed E-state index contributed by atoms with van der Waals surface area (Å²) in [6.07, 6.45) is -2.94. The number of rotatable bonds is 6. The molecule has 0 bridgehead atoms. The van der Waals surface area contributed by atoms with Gasteiger partial charge in [0.25, 0.3) is 0 Å². The molecule has 0 aromatic carbocycles. The number of aliphatic hydroxyl groups is 1. The van der Waals surface area contributed by atoms with Crippen LogP contribution in [-0.2, 0) is 13.6 Å². The van der Waals surface area contributed by atoms with Gasteiger partial charge in [0.1, 0.15) is 18.0 Å². The lowest BCUT2D eigenvalue weighted by Crippen LogP contribution is -2.52. The van der Waals surface area contributed by atoms with E-state index in [-0.39, 0.29) is 17.5 Å². The van der Waals surface area contributed by atoms with E-state index in [9.17, 15) is 13.9 Å². The molecule has 0 aromatic heterocycles. The van der Waals surface area contributed by atoms with E-state index in [1.807, 2.05) is 6.55 Å². The second-order valence-electron chi connectivity index (χ2n) is 7.58. The summed E-state index contributed by atoms with van der Waals surface area (Å²) in [4.78, 5) is 4.65. The summed E-state index contributed by atoms with van der Waals surface area (Å²) in [6.45, 7) is 10.1. The van der Waals surface area contributed by atoms with E-state index >= 15 is 0 Å². The number of amidine groups is 1. The van der Waals surface area contributed by atoms with Gasteiger partial charge in [0.05, 0.1) is 6.61 Å². The summed E-state index contributed by atoms with van der Waals surface area (Å²) in [5.74, 6) is -3.26. The van der Waals surface area contributed by atoms with Crippen molar-refractivity contribution in [3.63, 3.8) is 0 Å². The average molecular weight is 410 g/mol. The molecule has 0 radical (unpaired) electrons. The highest BCUT2D eigenvalue weighted by Crippen LogP contribution is 2.41. The van der Waals surface area contributed by atoms with Crippen LogP contribution < -0.4 is 5.73 Å². The van der Waals surface area contributed by atoms with Gasteiger partial charge in [-0.15, -0.1) is 0 Å². The van der Waals surface area contributed by atoms with Crippen molar-refractivity contribution in [1.29, 1.82) is 0 Å². The van der Waals surface area contributed by atoms with Gasteiger partial charge < -0.3 is 29.3 Å². The highest BCUT2D eigenvalue weighted by Gasteiger charge is 2.62. The predicted octanol–water partition coefficient (Wildman–Crippen LogP) is 0.496. The van der Waals surface area contributed by atoms with Crippen molar-refractivity contribution in [2.45, 2.75) is 69.6 Å².